The maximum atomic E-state index is 2.44. The van der Waals surface area contributed by atoms with E-state index in [1.165, 1.54) is 38.7 Å². The highest BCUT2D eigenvalue weighted by Crippen LogP contribution is 2.49. The number of rotatable bonds is 0. The van der Waals surface area contributed by atoms with Gasteiger partial charge in [-0.05, 0) is 74.1 Å². The summed E-state index contributed by atoms with van der Waals surface area (Å²) in [6.07, 6.45) is 6.08. The average Bonchev–Trinajstić information content (AvgIpc) is 3.18. The number of hydrogen-bond donors (Lipinski definition) is 0. The lowest BCUT2D eigenvalue weighted by molar-refractivity contribution is 0.805. The Bertz CT molecular complexity index is 1060. The zero-order valence-electron chi connectivity index (χ0n) is 12.8. The highest BCUT2D eigenvalue weighted by molar-refractivity contribution is 6.05. The first-order valence-corrected chi connectivity index (χ1v) is 8.44. The van der Waals surface area contributed by atoms with Gasteiger partial charge in [0.2, 0.25) is 0 Å². The van der Waals surface area contributed by atoms with Crippen LogP contribution >= 0.6 is 0 Å². The Hall–Kier alpha value is -2.60. The van der Waals surface area contributed by atoms with Crippen LogP contribution in [0.25, 0.3) is 32.3 Å². The van der Waals surface area contributed by atoms with Crippen LogP contribution in [0.5, 0.6) is 0 Å². The number of hydrogen-bond acceptors (Lipinski definition) is 0. The number of fused-ring (bicyclic) bond motifs is 8. The van der Waals surface area contributed by atoms with E-state index in [0.29, 0.717) is 11.8 Å². The average molecular weight is 292 g/mol. The number of benzene rings is 4. The second kappa shape index (κ2) is 4.02. The molecule has 108 valence electrons. The SMILES string of the molecule is C1=C[C@H]2C[C@@H]1c1cc3cc4cc5ccccc5cc4cc3cc12. The quantitative estimate of drug-likeness (QED) is 0.264. The minimum atomic E-state index is 0.659. The molecular formula is C23H16. The van der Waals surface area contributed by atoms with E-state index in [9.17, 15) is 0 Å². The zero-order valence-corrected chi connectivity index (χ0v) is 12.8. The third-order valence-corrected chi connectivity index (χ3v) is 5.74. The van der Waals surface area contributed by atoms with E-state index in [4.69, 9.17) is 0 Å². The van der Waals surface area contributed by atoms with E-state index in [-0.39, 0.29) is 0 Å². The highest BCUT2D eigenvalue weighted by atomic mass is 14.4. The second-order valence-corrected chi connectivity index (χ2v) is 7.06. The molecule has 0 saturated carbocycles. The maximum absolute atomic E-state index is 2.44. The predicted octanol–water partition coefficient (Wildman–Crippen LogP) is 6.29. The fourth-order valence-corrected chi connectivity index (χ4v) is 4.58. The van der Waals surface area contributed by atoms with Gasteiger partial charge in [-0.1, -0.05) is 48.6 Å². The molecule has 0 N–H and O–H groups in total. The summed E-state index contributed by atoms with van der Waals surface area (Å²) in [6, 6.07) is 22.9. The van der Waals surface area contributed by atoms with Crippen LogP contribution in [0.4, 0.5) is 0 Å². The first-order chi connectivity index (χ1) is 11.3. The molecule has 0 heterocycles. The van der Waals surface area contributed by atoms with Crippen molar-refractivity contribution < 1.29 is 0 Å². The van der Waals surface area contributed by atoms with Crippen LogP contribution in [0, 0.1) is 0 Å². The van der Waals surface area contributed by atoms with Crippen molar-refractivity contribution in [3.8, 4) is 0 Å². The van der Waals surface area contributed by atoms with Crippen molar-refractivity contribution in [2.45, 2.75) is 18.3 Å². The third kappa shape index (κ3) is 1.56. The molecule has 0 aromatic heterocycles. The largest absolute Gasteiger partial charge is 0.0804 e. The molecule has 4 aromatic rings. The van der Waals surface area contributed by atoms with Gasteiger partial charge in [0, 0.05) is 11.8 Å². The molecule has 0 spiro atoms. The lowest BCUT2D eigenvalue weighted by Crippen LogP contribution is -1.93. The van der Waals surface area contributed by atoms with Crippen molar-refractivity contribution in [3.05, 3.63) is 83.9 Å². The molecule has 0 radical (unpaired) electrons. The van der Waals surface area contributed by atoms with Crippen LogP contribution in [-0.4, -0.2) is 0 Å². The summed E-state index contributed by atoms with van der Waals surface area (Å²) in [5, 5.41) is 8.09. The van der Waals surface area contributed by atoms with Crippen molar-refractivity contribution in [2.24, 2.45) is 0 Å². The molecule has 0 amide bonds. The minimum absolute atomic E-state index is 0.659. The summed E-state index contributed by atoms with van der Waals surface area (Å²) in [5.41, 5.74) is 3.12. The standard InChI is InChI=1S/C23H16/c1-2-4-15-8-19-11-21-13-23-17-6-5-16(9-17)22(23)12-20(21)10-18(19)7-14(15)3-1/h1-8,10-13,16-17H,9H2/t16-,17+. The summed E-state index contributed by atoms with van der Waals surface area (Å²) in [6.45, 7) is 0. The molecule has 0 heteroatoms. The number of allylic oxidation sites excluding steroid dienone is 2. The van der Waals surface area contributed by atoms with E-state index in [1.54, 1.807) is 11.1 Å². The molecule has 6 rings (SSSR count). The van der Waals surface area contributed by atoms with Crippen molar-refractivity contribution >= 4 is 32.3 Å². The molecule has 2 aliphatic rings. The van der Waals surface area contributed by atoms with E-state index in [1.807, 2.05) is 0 Å². The Morgan fingerprint density at radius 3 is 1.48 bits per heavy atom. The lowest BCUT2D eigenvalue weighted by Gasteiger charge is -2.13. The molecule has 2 bridgehead atoms. The van der Waals surface area contributed by atoms with Crippen molar-refractivity contribution in [1.82, 2.24) is 0 Å². The van der Waals surface area contributed by atoms with E-state index in [2.05, 4.69) is 72.8 Å². The third-order valence-electron chi connectivity index (χ3n) is 5.74. The zero-order chi connectivity index (χ0) is 15.0. The van der Waals surface area contributed by atoms with E-state index >= 15 is 0 Å². The first-order valence-electron chi connectivity index (χ1n) is 8.44. The van der Waals surface area contributed by atoms with Crippen LogP contribution in [0.1, 0.15) is 29.4 Å². The molecule has 4 aromatic carbocycles. The van der Waals surface area contributed by atoms with E-state index in [0.717, 1.165) is 0 Å². The van der Waals surface area contributed by atoms with Gasteiger partial charge in [0.25, 0.3) is 0 Å². The van der Waals surface area contributed by atoms with Gasteiger partial charge >= 0.3 is 0 Å². The van der Waals surface area contributed by atoms with Crippen LogP contribution < -0.4 is 0 Å². The molecule has 0 nitrogen and oxygen atoms in total. The molecule has 0 aliphatic heterocycles. The molecular weight excluding hydrogens is 276 g/mol. The predicted molar refractivity (Wildman–Crippen MR) is 98.2 cm³/mol. The van der Waals surface area contributed by atoms with Gasteiger partial charge in [0.15, 0.2) is 0 Å². The highest BCUT2D eigenvalue weighted by Gasteiger charge is 2.32. The fraction of sp³-hybridized carbons (Fsp3) is 0.130. The summed E-state index contributed by atoms with van der Waals surface area (Å²) >= 11 is 0. The first kappa shape index (κ1) is 11.9. The monoisotopic (exact) mass is 292 g/mol. The van der Waals surface area contributed by atoms with Gasteiger partial charge in [-0.2, -0.15) is 0 Å². The Labute approximate surface area is 135 Å². The van der Waals surface area contributed by atoms with Gasteiger partial charge in [-0.25, -0.2) is 0 Å². The molecule has 23 heavy (non-hydrogen) atoms. The van der Waals surface area contributed by atoms with Crippen LogP contribution in [-0.2, 0) is 0 Å². The van der Waals surface area contributed by atoms with Crippen LogP contribution in [0.2, 0.25) is 0 Å². The molecule has 0 saturated heterocycles. The Morgan fingerprint density at radius 1 is 0.522 bits per heavy atom. The Kier molecular flexibility index (Phi) is 2.08. The van der Waals surface area contributed by atoms with Gasteiger partial charge in [-0.3, -0.25) is 0 Å². The summed E-state index contributed by atoms with van der Waals surface area (Å²) in [4.78, 5) is 0. The molecule has 2 aliphatic carbocycles. The van der Waals surface area contributed by atoms with Crippen molar-refractivity contribution in [2.75, 3.05) is 0 Å². The summed E-state index contributed by atoms with van der Waals surface area (Å²) in [5.74, 6) is 1.32. The van der Waals surface area contributed by atoms with Crippen molar-refractivity contribution in [3.63, 3.8) is 0 Å². The molecule has 0 fully saturated rings. The van der Waals surface area contributed by atoms with Gasteiger partial charge in [0.1, 0.15) is 0 Å². The smallest absolute Gasteiger partial charge is 0.00301 e. The summed E-state index contributed by atoms with van der Waals surface area (Å²) in [7, 11) is 0. The second-order valence-electron chi connectivity index (χ2n) is 7.06. The van der Waals surface area contributed by atoms with Crippen LogP contribution in [0.3, 0.4) is 0 Å². The lowest BCUT2D eigenvalue weighted by atomic mass is 9.91. The minimum Gasteiger partial charge on any atom is -0.0804 e. The summed E-state index contributed by atoms with van der Waals surface area (Å²) < 4.78 is 0. The maximum Gasteiger partial charge on any atom is 0.00301 e. The van der Waals surface area contributed by atoms with Crippen LogP contribution in [0.15, 0.2) is 72.8 Å². The topological polar surface area (TPSA) is 0 Å². The molecule has 2 atom stereocenters. The molecule has 0 unspecified atom stereocenters. The van der Waals surface area contributed by atoms with E-state index < -0.39 is 0 Å². The van der Waals surface area contributed by atoms with Gasteiger partial charge < -0.3 is 0 Å². The Balaban J connectivity index is 1.70. The van der Waals surface area contributed by atoms with Crippen molar-refractivity contribution in [1.29, 1.82) is 0 Å². The van der Waals surface area contributed by atoms with Gasteiger partial charge in [0.05, 0.1) is 0 Å². The fourth-order valence-electron chi connectivity index (χ4n) is 4.58. The Morgan fingerprint density at radius 2 is 0.957 bits per heavy atom. The van der Waals surface area contributed by atoms with Gasteiger partial charge in [-0.15, -0.1) is 0 Å². The normalized spacial score (nSPS) is 21.6.